The van der Waals surface area contributed by atoms with E-state index in [0.717, 1.165) is 0 Å². The molecular formula is C11H16N2O4. The van der Waals surface area contributed by atoms with Gasteiger partial charge >= 0.3 is 5.97 Å². The number of nitrogens with one attached hydrogen (secondary N) is 1. The number of nitrogens with two attached hydrogens (primary N) is 1. The topological polar surface area (TPSA) is 106 Å². The second kappa shape index (κ2) is 6.05. The molecule has 0 aromatic carbocycles. The van der Waals surface area contributed by atoms with Gasteiger partial charge < -0.3 is 20.6 Å². The average Bonchev–Trinajstić information content (AvgIpc) is 2.76. The third-order valence-corrected chi connectivity index (χ3v) is 2.27. The minimum Gasteiger partial charge on any atom is -0.480 e. The maximum absolute atomic E-state index is 11.7. The Hall–Kier alpha value is -1.82. The minimum absolute atomic E-state index is 0.0767. The van der Waals surface area contributed by atoms with E-state index in [4.69, 9.17) is 15.3 Å². The van der Waals surface area contributed by atoms with Gasteiger partial charge in [0.05, 0.1) is 6.54 Å². The number of hydrogen-bond acceptors (Lipinski definition) is 4. The van der Waals surface area contributed by atoms with Gasteiger partial charge in [-0.1, -0.05) is 13.3 Å². The van der Waals surface area contributed by atoms with Crippen LogP contribution in [-0.2, 0) is 11.3 Å². The zero-order valence-electron chi connectivity index (χ0n) is 9.60. The standard InChI is InChI=1S/C11H16N2O4/c1-2-3-8(11(15)16)13-10(14)9-5-4-7(6-12)17-9/h4-5,8H,2-3,6,12H2,1H3,(H,13,14)(H,15,16)/t8-/m1/s1. The summed E-state index contributed by atoms with van der Waals surface area (Å²) in [6, 6.07) is 2.17. The largest absolute Gasteiger partial charge is 0.480 e. The molecule has 6 heteroatoms. The van der Waals surface area contributed by atoms with Crippen molar-refractivity contribution in [3.63, 3.8) is 0 Å². The van der Waals surface area contributed by atoms with Crippen molar-refractivity contribution in [2.45, 2.75) is 32.4 Å². The fourth-order valence-corrected chi connectivity index (χ4v) is 1.39. The number of carboxylic acids is 1. The fraction of sp³-hybridized carbons (Fsp3) is 0.455. The number of furan rings is 1. The van der Waals surface area contributed by atoms with Crippen LogP contribution in [-0.4, -0.2) is 23.0 Å². The molecule has 94 valence electrons. The first kappa shape index (κ1) is 13.2. The molecule has 1 amide bonds. The van der Waals surface area contributed by atoms with Crippen molar-refractivity contribution in [2.75, 3.05) is 0 Å². The van der Waals surface area contributed by atoms with Gasteiger partial charge in [0.1, 0.15) is 11.8 Å². The molecule has 1 atom stereocenters. The Labute approximate surface area is 98.8 Å². The van der Waals surface area contributed by atoms with Crippen LogP contribution in [0.2, 0.25) is 0 Å². The Morgan fingerprint density at radius 3 is 2.71 bits per heavy atom. The van der Waals surface area contributed by atoms with Crippen molar-refractivity contribution in [1.29, 1.82) is 0 Å². The fourth-order valence-electron chi connectivity index (χ4n) is 1.39. The van der Waals surface area contributed by atoms with Crippen LogP contribution in [0.1, 0.15) is 36.1 Å². The molecular weight excluding hydrogens is 224 g/mol. The summed E-state index contributed by atoms with van der Waals surface area (Å²) < 4.78 is 5.12. The molecule has 0 aliphatic heterocycles. The molecule has 0 fully saturated rings. The number of amides is 1. The Balaban J connectivity index is 2.66. The summed E-state index contributed by atoms with van der Waals surface area (Å²) in [6.45, 7) is 2.05. The Bertz CT molecular complexity index is 400. The summed E-state index contributed by atoms with van der Waals surface area (Å²) in [6.07, 6.45) is 1.05. The van der Waals surface area contributed by atoms with Crippen LogP contribution in [0.3, 0.4) is 0 Å². The summed E-state index contributed by atoms with van der Waals surface area (Å²) in [5, 5.41) is 11.3. The van der Waals surface area contributed by atoms with Crippen LogP contribution in [0.15, 0.2) is 16.5 Å². The molecule has 0 bridgehead atoms. The van der Waals surface area contributed by atoms with Gasteiger partial charge in [0, 0.05) is 0 Å². The first-order chi connectivity index (χ1) is 8.08. The summed E-state index contributed by atoms with van der Waals surface area (Å²) in [4.78, 5) is 22.5. The van der Waals surface area contributed by atoms with E-state index in [1.54, 1.807) is 6.07 Å². The number of carbonyl (C=O) groups is 2. The number of aliphatic carboxylic acids is 1. The molecule has 0 aliphatic rings. The number of rotatable bonds is 6. The van der Waals surface area contributed by atoms with Crippen molar-refractivity contribution in [3.05, 3.63) is 23.7 Å². The van der Waals surface area contributed by atoms with E-state index in [0.29, 0.717) is 18.6 Å². The lowest BCUT2D eigenvalue weighted by Crippen LogP contribution is -2.40. The lowest BCUT2D eigenvalue weighted by atomic mass is 10.1. The highest BCUT2D eigenvalue weighted by Gasteiger charge is 2.21. The van der Waals surface area contributed by atoms with Crippen molar-refractivity contribution in [1.82, 2.24) is 5.32 Å². The quantitative estimate of drug-likeness (QED) is 0.679. The van der Waals surface area contributed by atoms with Crippen molar-refractivity contribution in [2.24, 2.45) is 5.73 Å². The van der Waals surface area contributed by atoms with Gasteiger partial charge in [-0.25, -0.2) is 4.79 Å². The SMILES string of the molecule is CCC[C@@H](NC(=O)c1ccc(CN)o1)C(=O)O. The van der Waals surface area contributed by atoms with Gasteiger partial charge in [-0.15, -0.1) is 0 Å². The van der Waals surface area contributed by atoms with Crippen molar-refractivity contribution >= 4 is 11.9 Å². The monoisotopic (exact) mass is 240 g/mol. The molecule has 0 radical (unpaired) electrons. The molecule has 17 heavy (non-hydrogen) atoms. The number of hydrogen-bond donors (Lipinski definition) is 3. The molecule has 0 spiro atoms. The van der Waals surface area contributed by atoms with Crippen LogP contribution in [0.4, 0.5) is 0 Å². The van der Waals surface area contributed by atoms with E-state index in [1.807, 2.05) is 6.92 Å². The van der Waals surface area contributed by atoms with E-state index in [2.05, 4.69) is 5.32 Å². The second-order valence-electron chi connectivity index (χ2n) is 3.62. The third-order valence-electron chi connectivity index (χ3n) is 2.27. The Morgan fingerprint density at radius 2 is 2.24 bits per heavy atom. The van der Waals surface area contributed by atoms with Gasteiger partial charge in [0.2, 0.25) is 0 Å². The molecule has 1 heterocycles. The van der Waals surface area contributed by atoms with Gasteiger partial charge in [0.25, 0.3) is 5.91 Å². The summed E-state index contributed by atoms with van der Waals surface area (Å²) in [5.74, 6) is -1.03. The summed E-state index contributed by atoms with van der Waals surface area (Å²) >= 11 is 0. The molecule has 0 saturated heterocycles. The molecule has 0 unspecified atom stereocenters. The zero-order chi connectivity index (χ0) is 12.8. The Morgan fingerprint density at radius 1 is 1.53 bits per heavy atom. The van der Waals surface area contributed by atoms with Gasteiger partial charge in [-0.3, -0.25) is 4.79 Å². The van der Waals surface area contributed by atoms with Gasteiger partial charge in [0.15, 0.2) is 5.76 Å². The van der Waals surface area contributed by atoms with E-state index in [9.17, 15) is 9.59 Å². The zero-order valence-corrected chi connectivity index (χ0v) is 9.60. The minimum atomic E-state index is -1.05. The smallest absolute Gasteiger partial charge is 0.326 e. The highest BCUT2D eigenvalue weighted by atomic mass is 16.4. The predicted octanol–water partition coefficient (Wildman–Crippen LogP) is 0.721. The average molecular weight is 240 g/mol. The van der Waals surface area contributed by atoms with Crippen LogP contribution in [0.5, 0.6) is 0 Å². The number of carbonyl (C=O) groups excluding carboxylic acids is 1. The van der Waals surface area contributed by atoms with E-state index >= 15 is 0 Å². The highest BCUT2D eigenvalue weighted by molar-refractivity contribution is 5.94. The molecule has 4 N–H and O–H groups in total. The molecule has 0 aliphatic carbocycles. The van der Waals surface area contributed by atoms with Crippen LogP contribution in [0.25, 0.3) is 0 Å². The van der Waals surface area contributed by atoms with Crippen LogP contribution in [0, 0.1) is 0 Å². The second-order valence-corrected chi connectivity index (χ2v) is 3.62. The predicted molar refractivity (Wildman–Crippen MR) is 60.4 cm³/mol. The third kappa shape index (κ3) is 3.60. The molecule has 1 aromatic rings. The van der Waals surface area contributed by atoms with E-state index in [-0.39, 0.29) is 12.3 Å². The normalized spacial score (nSPS) is 12.1. The maximum Gasteiger partial charge on any atom is 0.326 e. The lowest BCUT2D eigenvalue weighted by molar-refractivity contribution is -0.139. The molecule has 1 rings (SSSR count). The maximum atomic E-state index is 11.7. The van der Waals surface area contributed by atoms with Crippen LogP contribution >= 0.6 is 0 Å². The first-order valence-electron chi connectivity index (χ1n) is 5.41. The lowest BCUT2D eigenvalue weighted by Gasteiger charge is -2.12. The van der Waals surface area contributed by atoms with E-state index < -0.39 is 17.9 Å². The molecule has 1 aromatic heterocycles. The molecule has 0 saturated carbocycles. The number of carboxylic acid groups (broad SMARTS) is 1. The van der Waals surface area contributed by atoms with Gasteiger partial charge in [-0.05, 0) is 18.6 Å². The van der Waals surface area contributed by atoms with Crippen molar-refractivity contribution < 1.29 is 19.1 Å². The van der Waals surface area contributed by atoms with E-state index in [1.165, 1.54) is 6.07 Å². The summed E-state index contributed by atoms with van der Waals surface area (Å²) in [5.41, 5.74) is 5.34. The Kier molecular flexibility index (Phi) is 4.71. The van der Waals surface area contributed by atoms with Gasteiger partial charge in [-0.2, -0.15) is 0 Å². The van der Waals surface area contributed by atoms with Crippen LogP contribution < -0.4 is 11.1 Å². The molecule has 6 nitrogen and oxygen atoms in total. The first-order valence-corrected chi connectivity index (χ1v) is 5.41. The highest BCUT2D eigenvalue weighted by Crippen LogP contribution is 2.08. The summed E-state index contributed by atoms with van der Waals surface area (Å²) in [7, 11) is 0. The van der Waals surface area contributed by atoms with Crippen molar-refractivity contribution in [3.8, 4) is 0 Å².